The molecule has 2 amide bonds. The third-order valence-electron chi connectivity index (χ3n) is 5.57. The van der Waals surface area contributed by atoms with Crippen molar-refractivity contribution in [3.05, 3.63) is 70.8 Å². The molecule has 0 radical (unpaired) electrons. The Morgan fingerprint density at radius 1 is 1.09 bits per heavy atom. The number of amides is 2. The molecule has 0 unspecified atom stereocenters. The summed E-state index contributed by atoms with van der Waals surface area (Å²) in [5.74, 6) is -4.79. The lowest BCUT2D eigenvalue weighted by Crippen LogP contribution is -2.50. The van der Waals surface area contributed by atoms with Crippen LogP contribution in [0.25, 0.3) is 0 Å². The molecule has 0 spiro atoms. The van der Waals surface area contributed by atoms with E-state index in [1.807, 2.05) is 6.92 Å². The molecule has 2 aromatic carbocycles. The first-order valence-electron chi connectivity index (χ1n) is 10.4. The molecule has 9 heteroatoms. The lowest BCUT2D eigenvalue weighted by molar-refractivity contribution is -0.139. The molecule has 32 heavy (non-hydrogen) atoms. The van der Waals surface area contributed by atoms with Crippen LogP contribution in [-0.4, -0.2) is 41.4 Å². The van der Waals surface area contributed by atoms with Crippen LogP contribution in [0.3, 0.4) is 0 Å². The van der Waals surface area contributed by atoms with Gasteiger partial charge in [-0.15, -0.1) is 0 Å². The SMILES string of the molecule is C[C@@H]1CCN(C(=O)C[C@H](N)Cc2cc(F)c(F)cc2F)[C@H](Cc2ccccc2F)C(=O)N1. The molecule has 0 bridgehead atoms. The summed E-state index contributed by atoms with van der Waals surface area (Å²) in [5.41, 5.74) is 6.16. The molecule has 2 aromatic rings. The highest BCUT2D eigenvalue weighted by Crippen LogP contribution is 2.20. The predicted molar refractivity (Wildman–Crippen MR) is 110 cm³/mol. The van der Waals surface area contributed by atoms with Crippen LogP contribution in [0.2, 0.25) is 0 Å². The smallest absolute Gasteiger partial charge is 0.243 e. The molecule has 5 nitrogen and oxygen atoms in total. The van der Waals surface area contributed by atoms with E-state index in [0.29, 0.717) is 18.1 Å². The Morgan fingerprint density at radius 3 is 2.50 bits per heavy atom. The van der Waals surface area contributed by atoms with Crippen molar-refractivity contribution >= 4 is 11.8 Å². The van der Waals surface area contributed by atoms with Gasteiger partial charge in [-0.25, -0.2) is 17.6 Å². The van der Waals surface area contributed by atoms with E-state index in [4.69, 9.17) is 5.73 Å². The number of carbonyl (C=O) groups excluding carboxylic acids is 2. The number of benzene rings is 2. The Kier molecular flexibility index (Phi) is 7.50. The molecule has 0 aromatic heterocycles. The number of nitrogens with two attached hydrogens (primary N) is 1. The van der Waals surface area contributed by atoms with Gasteiger partial charge in [-0.3, -0.25) is 9.59 Å². The van der Waals surface area contributed by atoms with Crippen molar-refractivity contribution in [2.75, 3.05) is 6.54 Å². The van der Waals surface area contributed by atoms with Gasteiger partial charge in [0.25, 0.3) is 0 Å². The van der Waals surface area contributed by atoms with Gasteiger partial charge < -0.3 is 16.0 Å². The molecule has 1 fully saturated rings. The number of halogens is 4. The lowest BCUT2D eigenvalue weighted by Gasteiger charge is -2.29. The molecule has 0 aliphatic carbocycles. The second-order valence-electron chi connectivity index (χ2n) is 8.12. The molecule has 1 saturated heterocycles. The summed E-state index contributed by atoms with van der Waals surface area (Å²) < 4.78 is 54.7. The van der Waals surface area contributed by atoms with Crippen molar-refractivity contribution in [1.29, 1.82) is 0 Å². The monoisotopic (exact) mass is 451 g/mol. The zero-order valence-corrected chi connectivity index (χ0v) is 17.6. The largest absolute Gasteiger partial charge is 0.352 e. The molecular formula is C23H25F4N3O2. The van der Waals surface area contributed by atoms with Crippen molar-refractivity contribution in [2.24, 2.45) is 5.73 Å². The van der Waals surface area contributed by atoms with E-state index < -0.39 is 47.2 Å². The van der Waals surface area contributed by atoms with Crippen LogP contribution in [0.1, 0.15) is 30.9 Å². The van der Waals surface area contributed by atoms with Crippen LogP contribution in [0.15, 0.2) is 36.4 Å². The first-order chi connectivity index (χ1) is 15.2. The van der Waals surface area contributed by atoms with Crippen LogP contribution >= 0.6 is 0 Å². The van der Waals surface area contributed by atoms with Crippen molar-refractivity contribution in [3.8, 4) is 0 Å². The van der Waals surface area contributed by atoms with Gasteiger partial charge in [-0.05, 0) is 43.0 Å². The Balaban J connectivity index is 1.76. The van der Waals surface area contributed by atoms with E-state index in [1.165, 1.54) is 17.0 Å². The van der Waals surface area contributed by atoms with Gasteiger partial charge in [-0.2, -0.15) is 0 Å². The van der Waals surface area contributed by atoms with Crippen molar-refractivity contribution in [3.63, 3.8) is 0 Å². The fraction of sp³-hybridized carbons (Fsp3) is 0.391. The third-order valence-corrected chi connectivity index (χ3v) is 5.57. The summed E-state index contributed by atoms with van der Waals surface area (Å²) in [4.78, 5) is 27.2. The molecule has 0 saturated carbocycles. The molecule has 3 atom stereocenters. The highest BCUT2D eigenvalue weighted by Gasteiger charge is 2.34. The Labute approximate surface area is 183 Å². The number of carbonyl (C=O) groups is 2. The van der Waals surface area contributed by atoms with Crippen LogP contribution in [0.5, 0.6) is 0 Å². The maximum absolute atomic E-state index is 14.2. The highest BCUT2D eigenvalue weighted by atomic mass is 19.2. The summed E-state index contributed by atoms with van der Waals surface area (Å²) >= 11 is 0. The van der Waals surface area contributed by atoms with Crippen LogP contribution in [-0.2, 0) is 22.4 Å². The van der Waals surface area contributed by atoms with E-state index in [-0.39, 0.29) is 37.4 Å². The summed E-state index contributed by atoms with van der Waals surface area (Å²) in [5, 5.41) is 2.82. The van der Waals surface area contributed by atoms with Gasteiger partial charge in [-0.1, -0.05) is 18.2 Å². The van der Waals surface area contributed by atoms with Crippen LogP contribution in [0.4, 0.5) is 17.6 Å². The average Bonchev–Trinajstić information content (AvgIpc) is 2.85. The summed E-state index contributed by atoms with van der Waals surface area (Å²) in [6.07, 6.45) is 0.0549. The quantitative estimate of drug-likeness (QED) is 0.524. The molecule has 1 heterocycles. The zero-order chi connectivity index (χ0) is 23.4. The number of nitrogens with zero attached hydrogens (tertiary/aromatic N) is 1. The first kappa shape index (κ1) is 23.7. The van der Waals surface area contributed by atoms with Gasteiger partial charge in [0, 0.05) is 37.5 Å². The number of nitrogens with one attached hydrogen (secondary N) is 1. The minimum absolute atomic E-state index is 0.00991. The molecular weight excluding hydrogens is 426 g/mol. The predicted octanol–water partition coefficient (Wildman–Crippen LogP) is 2.85. The van der Waals surface area contributed by atoms with Crippen molar-refractivity contribution in [2.45, 2.75) is 50.7 Å². The second-order valence-corrected chi connectivity index (χ2v) is 8.12. The Hall–Kier alpha value is -2.94. The van der Waals surface area contributed by atoms with E-state index in [2.05, 4.69) is 5.32 Å². The summed E-state index contributed by atoms with van der Waals surface area (Å²) in [7, 11) is 0. The fourth-order valence-corrected chi connectivity index (χ4v) is 3.83. The second kappa shape index (κ2) is 10.1. The van der Waals surface area contributed by atoms with E-state index in [1.54, 1.807) is 12.1 Å². The molecule has 1 aliphatic rings. The van der Waals surface area contributed by atoms with Gasteiger partial charge in [0.05, 0.1) is 0 Å². The molecule has 3 N–H and O–H groups in total. The fourth-order valence-electron chi connectivity index (χ4n) is 3.83. The number of rotatable bonds is 6. The molecule has 172 valence electrons. The van der Waals surface area contributed by atoms with Gasteiger partial charge >= 0.3 is 0 Å². The Bertz CT molecular complexity index is 1000. The normalized spacial score (nSPS) is 19.9. The highest BCUT2D eigenvalue weighted by molar-refractivity contribution is 5.88. The summed E-state index contributed by atoms with van der Waals surface area (Å²) in [6, 6.07) is 5.18. The van der Waals surface area contributed by atoms with Gasteiger partial charge in [0.15, 0.2) is 11.6 Å². The van der Waals surface area contributed by atoms with Gasteiger partial charge in [0.2, 0.25) is 11.8 Å². The molecule has 1 aliphatic heterocycles. The van der Waals surface area contributed by atoms with E-state index in [9.17, 15) is 27.2 Å². The van der Waals surface area contributed by atoms with E-state index >= 15 is 0 Å². The lowest BCUT2D eigenvalue weighted by atomic mass is 10.00. The van der Waals surface area contributed by atoms with Crippen LogP contribution in [0, 0.1) is 23.3 Å². The first-order valence-corrected chi connectivity index (χ1v) is 10.4. The minimum Gasteiger partial charge on any atom is -0.352 e. The summed E-state index contributed by atoms with van der Waals surface area (Å²) in [6.45, 7) is 2.06. The van der Waals surface area contributed by atoms with E-state index in [0.717, 1.165) is 6.07 Å². The van der Waals surface area contributed by atoms with Gasteiger partial charge in [0.1, 0.15) is 17.7 Å². The maximum Gasteiger partial charge on any atom is 0.243 e. The average molecular weight is 451 g/mol. The topological polar surface area (TPSA) is 75.4 Å². The third kappa shape index (κ3) is 5.64. The number of hydrogen-bond acceptors (Lipinski definition) is 3. The standard InChI is InChI=1S/C23H25F4N3O2/c1-13-6-7-30(21(23(32)29-13)10-14-4-2-3-5-17(14)24)22(31)11-16(28)8-15-9-19(26)20(27)12-18(15)25/h2-5,9,12-13,16,21H,6-8,10-11,28H2,1H3,(H,29,32)/t13-,16-,21-/m1/s1. The zero-order valence-electron chi connectivity index (χ0n) is 17.6. The molecule has 3 rings (SSSR count). The van der Waals surface area contributed by atoms with Crippen molar-refractivity contribution < 1.29 is 27.2 Å². The van der Waals surface area contributed by atoms with Crippen LogP contribution < -0.4 is 11.1 Å². The Morgan fingerprint density at radius 2 is 1.78 bits per heavy atom. The maximum atomic E-state index is 14.2. The minimum atomic E-state index is -1.31. The van der Waals surface area contributed by atoms with Crippen molar-refractivity contribution in [1.82, 2.24) is 10.2 Å². The number of hydrogen-bond donors (Lipinski definition) is 2.